The van der Waals surface area contributed by atoms with Crippen LogP contribution in [0.25, 0.3) is 0 Å². The van der Waals surface area contributed by atoms with Crippen molar-refractivity contribution in [2.45, 2.75) is 6.42 Å². The summed E-state index contributed by atoms with van der Waals surface area (Å²) in [5, 5.41) is 0. The predicted octanol–water partition coefficient (Wildman–Crippen LogP) is -1.01. The van der Waals surface area contributed by atoms with Gasteiger partial charge >= 0.3 is 0 Å². The van der Waals surface area contributed by atoms with E-state index in [1.807, 2.05) is 0 Å². The third-order valence-corrected chi connectivity index (χ3v) is 1.68. The van der Waals surface area contributed by atoms with Gasteiger partial charge in [-0.25, -0.2) is 5.43 Å². The zero-order chi connectivity index (χ0) is 5.98. The van der Waals surface area contributed by atoms with Crippen LogP contribution in [0.5, 0.6) is 0 Å². The standard InChI is InChI=1S/C3H8N2O2S/c6-8(7)5-3-1-2-4-5/h4H,1-3H2,(H,6,7)/p-1. The monoisotopic (exact) mass is 135 g/mol. The molecule has 0 spiro atoms. The highest BCUT2D eigenvalue weighted by molar-refractivity contribution is 7.76. The molecule has 1 saturated heterocycles. The third kappa shape index (κ3) is 1.25. The van der Waals surface area contributed by atoms with Crippen LogP contribution >= 0.6 is 0 Å². The first-order valence-corrected chi connectivity index (χ1v) is 3.44. The molecule has 0 aliphatic carbocycles. The minimum atomic E-state index is -2.07. The highest BCUT2D eigenvalue weighted by Gasteiger charge is 2.09. The third-order valence-electron chi connectivity index (χ3n) is 1.01. The normalized spacial score (nSPS) is 26.1. The van der Waals surface area contributed by atoms with Gasteiger partial charge in [0.15, 0.2) is 0 Å². The Morgan fingerprint density at radius 3 is 2.75 bits per heavy atom. The van der Waals surface area contributed by atoms with Gasteiger partial charge in [-0.2, -0.15) is 4.41 Å². The quantitative estimate of drug-likeness (QED) is 0.469. The Hall–Kier alpha value is 0.0300. The van der Waals surface area contributed by atoms with E-state index < -0.39 is 11.3 Å². The first-order chi connectivity index (χ1) is 3.80. The van der Waals surface area contributed by atoms with Crippen molar-refractivity contribution in [2.75, 3.05) is 13.1 Å². The van der Waals surface area contributed by atoms with Gasteiger partial charge in [-0.05, 0) is 6.42 Å². The predicted molar refractivity (Wildman–Crippen MR) is 28.2 cm³/mol. The van der Waals surface area contributed by atoms with E-state index in [9.17, 15) is 8.76 Å². The molecule has 1 rings (SSSR count). The molecule has 1 unspecified atom stereocenters. The van der Waals surface area contributed by atoms with Crippen LogP contribution in [0.15, 0.2) is 0 Å². The summed E-state index contributed by atoms with van der Waals surface area (Å²) in [6.07, 6.45) is 0.911. The van der Waals surface area contributed by atoms with Crippen molar-refractivity contribution in [1.82, 2.24) is 9.84 Å². The smallest absolute Gasteiger partial charge is 0.0352 e. The van der Waals surface area contributed by atoms with Crippen molar-refractivity contribution < 1.29 is 8.76 Å². The maximum atomic E-state index is 10.1. The zero-order valence-electron chi connectivity index (χ0n) is 4.29. The molecule has 8 heavy (non-hydrogen) atoms. The van der Waals surface area contributed by atoms with Gasteiger partial charge in [0.25, 0.3) is 0 Å². The number of hydrazine groups is 1. The summed E-state index contributed by atoms with van der Waals surface area (Å²) in [5.74, 6) is 0. The molecule has 1 aliphatic rings. The molecule has 1 N–H and O–H groups in total. The number of hydrogen-bond donors (Lipinski definition) is 1. The Labute approximate surface area is 50.3 Å². The van der Waals surface area contributed by atoms with Crippen LogP contribution < -0.4 is 5.43 Å². The molecule has 1 heterocycles. The van der Waals surface area contributed by atoms with E-state index in [0.717, 1.165) is 13.0 Å². The van der Waals surface area contributed by atoms with Crippen LogP contribution in [0, 0.1) is 0 Å². The van der Waals surface area contributed by atoms with Crippen molar-refractivity contribution in [2.24, 2.45) is 0 Å². The lowest BCUT2D eigenvalue weighted by molar-refractivity contribution is 0.376. The van der Waals surface area contributed by atoms with Crippen molar-refractivity contribution in [3.8, 4) is 0 Å². The van der Waals surface area contributed by atoms with Crippen molar-refractivity contribution in [3.05, 3.63) is 0 Å². The minimum Gasteiger partial charge on any atom is -0.759 e. The average molecular weight is 135 g/mol. The van der Waals surface area contributed by atoms with E-state index in [-0.39, 0.29) is 0 Å². The Kier molecular flexibility index (Phi) is 1.95. The van der Waals surface area contributed by atoms with E-state index in [2.05, 4.69) is 5.43 Å². The molecule has 0 radical (unpaired) electrons. The second kappa shape index (κ2) is 2.54. The lowest BCUT2D eigenvalue weighted by Gasteiger charge is -2.16. The maximum Gasteiger partial charge on any atom is 0.0352 e. The molecule has 0 aromatic heterocycles. The summed E-state index contributed by atoms with van der Waals surface area (Å²) in [7, 11) is 0. The zero-order valence-corrected chi connectivity index (χ0v) is 5.11. The molecule has 4 nitrogen and oxygen atoms in total. The van der Waals surface area contributed by atoms with Gasteiger partial charge in [0.05, 0.1) is 0 Å². The van der Waals surface area contributed by atoms with Crippen LogP contribution in [-0.2, 0) is 11.3 Å². The molecule has 0 aromatic carbocycles. The summed E-state index contributed by atoms with van der Waals surface area (Å²) in [5.41, 5.74) is 2.68. The highest BCUT2D eigenvalue weighted by atomic mass is 32.2. The van der Waals surface area contributed by atoms with E-state index in [4.69, 9.17) is 0 Å². The molecule has 1 fully saturated rings. The summed E-state index contributed by atoms with van der Waals surface area (Å²) < 4.78 is 21.3. The number of nitrogens with zero attached hydrogens (tertiary/aromatic N) is 1. The molecule has 0 amide bonds. The van der Waals surface area contributed by atoms with Gasteiger partial charge in [-0.1, -0.05) is 0 Å². The van der Waals surface area contributed by atoms with Crippen molar-refractivity contribution >= 4 is 11.3 Å². The first-order valence-electron chi connectivity index (χ1n) is 2.41. The van der Waals surface area contributed by atoms with E-state index in [1.54, 1.807) is 0 Å². The Balaban J connectivity index is 2.35. The number of rotatable bonds is 1. The maximum absolute atomic E-state index is 10.1. The molecule has 1 aliphatic heterocycles. The average Bonchev–Trinajstić information content (AvgIpc) is 2.12. The Bertz CT molecular complexity index is 101. The van der Waals surface area contributed by atoms with Gasteiger partial charge in [-0.3, -0.25) is 4.21 Å². The molecule has 5 heteroatoms. The fourth-order valence-electron chi connectivity index (χ4n) is 0.633. The topological polar surface area (TPSA) is 55.4 Å². The van der Waals surface area contributed by atoms with Gasteiger partial charge in [0, 0.05) is 24.4 Å². The summed E-state index contributed by atoms with van der Waals surface area (Å²) >= 11 is -2.07. The molecule has 48 valence electrons. The SMILES string of the molecule is O=S([O-])N1CCCN1. The largest absolute Gasteiger partial charge is 0.759 e. The molecular formula is C3H7N2O2S-. The van der Waals surface area contributed by atoms with Gasteiger partial charge < -0.3 is 4.55 Å². The van der Waals surface area contributed by atoms with E-state index in [0.29, 0.717) is 6.54 Å². The second-order valence-electron chi connectivity index (χ2n) is 1.58. The Morgan fingerprint density at radius 2 is 2.50 bits per heavy atom. The number of hydrogen-bond acceptors (Lipinski definition) is 3. The molecular weight excluding hydrogens is 128 g/mol. The summed E-state index contributed by atoms with van der Waals surface area (Å²) in [6.45, 7) is 1.38. The summed E-state index contributed by atoms with van der Waals surface area (Å²) in [4.78, 5) is 0. The molecule has 0 aromatic rings. The molecule has 0 bridgehead atoms. The fraction of sp³-hybridized carbons (Fsp3) is 1.00. The van der Waals surface area contributed by atoms with Crippen LogP contribution in [0.3, 0.4) is 0 Å². The van der Waals surface area contributed by atoms with Crippen LogP contribution in [0.4, 0.5) is 0 Å². The molecule has 0 saturated carbocycles. The minimum absolute atomic E-state index is 0.607. The van der Waals surface area contributed by atoms with E-state index in [1.165, 1.54) is 4.41 Å². The highest BCUT2D eigenvalue weighted by Crippen LogP contribution is 1.96. The van der Waals surface area contributed by atoms with Gasteiger partial charge in [0.2, 0.25) is 0 Å². The number of nitrogens with one attached hydrogen (secondary N) is 1. The van der Waals surface area contributed by atoms with Crippen LogP contribution in [0.1, 0.15) is 6.42 Å². The van der Waals surface area contributed by atoms with Gasteiger partial charge in [-0.15, -0.1) is 0 Å². The van der Waals surface area contributed by atoms with Crippen LogP contribution in [0.2, 0.25) is 0 Å². The first kappa shape index (κ1) is 6.15. The van der Waals surface area contributed by atoms with Crippen molar-refractivity contribution in [3.63, 3.8) is 0 Å². The Morgan fingerprint density at radius 1 is 1.75 bits per heavy atom. The van der Waals surface area contributed by atoms with Gasteiger partial charge in [0.1, 0.15) is 0 Å². The second-order valence-corrected chi connectivity index (χ2v) is 2.46. The molecule has 1 atom stereocenters. The summed E-state index contributed by atoms with van der Waals surface area (Å²) in [6, 6.07) is 0. The fourth-order valence-corrected chi connectivity index (χ4v) is 1.11. The van der Waals surface area contributed by atoms with E-state index >= 15 is 0 Å². The van der Waals surface area contributed by atoms with Crippen LogP contribution in [-0.4, -0.2) is 26.3 Å². The lowest BCUT2D eigenvalue weighted by atomic mass is 10.5. The van der Waals surface area contributed by atoms with Crippen molar-refractivity contribution in [1.29, 1.82) is 0 Å². The lowest BCUT2D eigenvalue weighted by Crippen LogP contribution is -2.32.